The summed E-state index contributed by atoms with van der Waals surface area (Å²) in [5.74, 6) is -0.778. The second-order valence-electron chi connectivity index (χ2n) is 3.06. The summed E-state index contributed by atoms with van der Waals surface area (Å²) in [4.78, 5) is 17.7. The van der Waals surface area contributed by atoms with Crippen LogP contribution in [0, 0.1) is 0 Å². The van der Waals surface area contributed by atoms with E-state index in [9.17, 15) is 9.90 Å². The monoisotopic (exact) mass is 203 g/mol. The molecule has 0 unspecified atom stereocenters. The lowest BCUT2D eigenvalue weighted by atomic mass is 10.1. The first-order valence-electron chi connectivity index (χ1n) is 4.30. The van der Waals surface area contributed by atoms with Crippen LogP contribution in [0.3, 0.4) is 0 Å². The Kier molecular flexibility index (Phi) is 2.13. The van der Waals surface area contributed by atoms with Crippen molar-refractivity contribution in [2.45, 2.75) is 0 Å². The van der Waals surface area contributed by atoms with Crippen molar-refractivity contribution in [3.63, 3.8) is 0 Å². The number of nitrogens with one attached hydrogen (secondary N) is 1. The predicted octanol–water partition coefficient (Wildman–Crippen LogP) is 0.881. The summed E-state index contributed by atoms with van der Waals surface area (Å²) >= 11 is 0. The first-order valence-corrected chi connectivity index (χ1v) is 4.30. The van der Waals surface area contributed by atoms with Crippen LogP contribution in [-0.2, 0) is 0 Å². The van der Waals surface area contributed by atoms with Gasteiger partial charge in [0.2, 0.25) is 0 Å². The zero-order valence-electron chi connectivity index (χ0n) is 7.77. The maximum atomic E-state index is 11.0. The van der Waals surface area contributed by atoms with Crippen molar-refractivity contribution in [3.8, 4) is 17.0 Å². The third kappa shape index (κ3) is 1.67. The van der Waals surface area contributed by atoms with E-state index in [1.165, 1.54) is 18.5 Å². The normalized spacial score (nSPS) is 10.1. The Hall–Kier alpha value is -2.30. The number of aromatic nitrogens is 2. The molecule has 0 atom stereocenters. The number of nitrogens with zero attached hydrogens (tertiary/aromatic N) is 1. The molecule has 0 fully saturated rings. The highest BCUT2D eigenvalue weighted by Gasteiger charge is 2.09. The van der Waals surface area contributed by atoms with E-state index in [-0.39, 0.29) is 11.3 Å². The molecule has 1 aromatic carbocycles. The number of benzene rings is 1. The van der Waals surface area contributed by atoms with Crippen LogP contribution in [0.1, 0.15) is 10.4 Å². The lowest BCUT2D eigenvalue weighted by molar-refractivity contribution is 0.0998. The summed E-state index contributed by atoms with van der Waals surface area (Å²) in [6.07, 6.45) is 3.16. The molecule has 1 heterocycles. The number of imidazole rings is 1. The highest BCUT2D eigenvalue weighted by Crippen LogP contribution is 2.23. The number of nitrogens with two attached hydrogens (primary N) is 1. The number of primary amides is 1. The molecule has 1 aromatic heterocycles. The summed E-state index contributed by atoms with van der Waals surface area (Å²) in [6.45, 7) is 0. The molecule has 2 aromatic rings. The van der Waals surface area contributed by atoms with Crippen molar-refractivity contribution >= 4 is 5.91 Å². The van der Waals surface area contributed by atoms with Crippen molar-refractivity contribution in [2.24, 2.45) is 5.73 Å². The molecular weight excluding hydrogens is 194 g/mol. The molecule has 4 N–H and O–H groups in total. The minimum atomic E-state index is -0.658. The molecule has 0 radical (unpaired) electrons. The van der Waals surface area contributed by atoms with Crippen molar-refractivity contribution in [3.05, 3.63) is 36.3 Å². The molecule has 2 rings (SSSR count). The van der Waals surface area contributed by atoms with Gasteiger partial charge in [0, 0.05) is 5.56 Å². The van der Waals surface area contributed by atoms with Crippen LogP contribution in [0.25, 0.3) is 11.3 Å². The fraction of sp³-hybridized carbons (Fsp3) is 0. The molecular formula is C10H9N3O2. The van der Waals surface area contributed by atoms with Gasteiger partial charge in [-0.1, -0.05) is 0 Å². The van der Waals surface area contributed by atoms with E-state index in [4.69, 9.17) is 5.73 Å². The Bertz CT molecular complexity index is 491. The zero-order valence-corrected chi connectivity index (χ0v) is 7.77. The number of amides is 1. The molecule has 0 bridgehead atoms. The Morgan fingerprint density at radius 3 is 2.87 bits per heavy atom. The quantitative estimate of drug-likeness (QED) is 0.676. The lowest BCUT2D eigenvalue weighted by Crippen LogP contribution is -2.11. The summed E-state index contributed by atoms with van der Waals surface area (Å²) in [7, 11) is 0. The van der Waals surface area contributed by atoms with E-state index in [0.29, 0.717) is 0 Å². The standard InChI is InChI=1S/C10H9N3O2/c11-10(15)7-3-6(1-2-9(7)14)8-4-12-5-13-8/h1-5,14H,(H2,11,15)(H,12,13). The third-order valence-corrected chi connectivity index (χ3v) is 2.07. The summed E-state index contributed by atoms with van der Waals surface area (Å²) < 4.78 is 0. The minimum absolute atomic E-state index is 0.0992. The lowest BCUT2D eigenvalue weighted by Gasteiger charge is -2.02. The van der Waals surface area contributed by atoms with Gasteiger partial charge in [-0.05, 0) is 18.2 Å². The first-order chi connectivity index (χ1) is 7.18. The van der Waals surface area contributed by atoms with E-state index in [2.05, 4.69) is 9.97 Å². The fourth-order valence-electron chi connectivity index (χ4n) is 1.31. The zero-order chi connectivity index (χ0) is 10.8. The number of carbonyl (C=O) groups is 1. The number of rotatable bonds is 2. The van der Waals surface area contributed by atoms with E-state index in [1.807, 2.05) is 0 Å². The third-order valence-electron chi connectivity index (χ3n) is 2.07. The molecule has 0 aliphatic carbocycles. The summed E-state index contributed by atoms with van der Waals surface area (Å²) in [6, 6.07) is 4.62. The van der Waals surface area contributed by atoms with E-state index >= 15 is 0 Å². The van der Waals surface area contributed by atoms with Gasteiger partial charge in [0.1, 0.15) is 5.75 Å². The molecule has 0 spiro atoms. The first kappa shape index (κ1) is 9.26. The van der Waals surface area contributed by atoms with Crippen LogP contribution in [0.4, 0.5) is 0 Å². The number of phenols is 1. The molecule has 1 amide bonds. The van der Waals surface area contributed by atoms with Crippen LogP contribution in [0.5, 0.6) is 5.75 Å². The number of H-pyrrole nitrogens is 1. The number of carbonyl (C=O) groups excluding carboxylic acids is 1. The Morgan fingerprint density at radius 1 is 1.47 bits per heavy atom. The summed E-state index contributed by atoms with van der Waals surface area (Å²) in [5, 5.41) is 9.38. The molecule has 5 heteroatoms. The maximum Gasteiger partial charge on any atom is 0.252 e. The number of aromatic hydroxyl groups is 1. The predicted molar refractivity (Wildman–Crippen MR) is 54.2 cm³/mol. The van der Waals surface area contributed by atoms with Gasteiger partial charge in [-0.3, -0.25) is 4.79 Å². The van der Waals surface area contributed by atoms with E-state index < -0.39 is 5.91 Å². The highest BCUT2D eigenvalue weighted by atomic mass is 16.3. The van der Waals surface area contributed by atoms with Gasteiger partial charge in [-0.25, -0.2) is 4.98 Å². The van der Waals surface area contributed by atoms with Crippen LogP contribution in [0.2, 0.25) is 0 Å². The van der Waals surface area contributed by atoms with Crippen molar-refractivity contribution in [1.82, 2.24) is 9.97 Å². The Balaban J connectivity index is 2.52. The second-order valence-corrected chi connectivity index (χ2v) is 3.06. The molecule has 0 aliphatic rings. The van der Waals surface area contributed by atoms with E-state index in [0.717, 1.165) is 11.3 Å². The van der Waals surface area contributed by atoms with Gasteiger partial charge >= 0.3 is 0 Å². The number of aromatic amines is 1. The molecule has 0 aliphatic heterocycles. The van der Waals surface area contributed by atoms with Crippen LogP contribution in [0.15, 0.2) is 30.7 Å². The molecule has 76 valence electrons. The van der Waals surface area contributed by atoms with Crippen molar-refractivity contribution in [2.75, 3.05) is 0 Å². The fourth-order valence-corrected chi connectivity index (χ4v) is 1.31. The molecule has 0 saturated heterocycles. The highest BCUT2D eigenvalue weighted by molar-refractivity contribution is 5.96. The van der Waals surface area contributed by atoms with Gasteiger partial charge in [0.25, 0.3) is 5.91 Å². The van der Waals surface area contributed by atoms with Crippen molar-refractivity contribution in [1.29, 1.82) is 0 Å². The SMILES string of the molecule is NC(=O)c1cc(-c2cnc[nH]2)ccc1O. The molecule has 0 saturated carbocycles. The Labute approximate surface area is 85.6 Å². The molecule has 5 nitrogen and oxygen atoms in total. The minimum Gasteiger partial charge on any atom is -0.507 e. The topological polar surface area (TPSA) is 92.0 Å². The number of hydrogen-bond donors (Lipinski definition) is 3. The van der Waals surface area contributed by atoms with E-state index in [1.54, 1.807) is 12.3 Å². The van der Waals surface area contributed by atoms with Crippen LogP contribution >= 0.6 is 0 Å². The van der Waals surface area contributed by atoms with Gasteiger partial charge in [-0.15, -0.1) is 0 Å². The van der Waals surface area contributed by atoms with Gasteiger partial charge < -0.3 is 15.8 Å². The van der Waals surface area contributed by atoms with Gasteiger partial charge in [0.15, 0.2) is 0 Å². The largest absolute Gasteiger partial charge is 0.507 e. The van der Waals surface area contributed by atoms with Crippen molar-refractivity contribution < 1.29 is 9.90 Å². The van der Waals surface area contributed by atoms with Gasteiger partial charge in [0.05, 0.1) is 23.8 Å². The average molecular weight is 203 g/mol. The van der Waals surface area contributed by atoms with Crippen LogP contribution in [-0.4, -0.2) is 21.0 Å². The average Bonchev–Trinajstić information content (AvgIpc) is 2.71. The second kappa shape index (κ2) is 3.45. The maximum absolute atomic E-state index is 11.0. The number of hydrogen-bond acceptors (Lipinski definition) is 3. The molecule has 15 heavy (non-hydrogen) atoms. The summed E-state index contributed by atoms with van der Waals surface area (Å²) in [5.41, 5.74) is 6.72. The Morgan fingerprint density at radius 2 is 2.27 bits per heavy atom. The van der Waals surface area contributed by atoms with Gasteiger partial charge in [-0.2, -0.15) is 0 Å². The van der Waals surface area contributed by atoms with Crippen LogP contribution < -0.4 is 5.73 Å². The smallest absolute Gasteiger partial charge is 0.252 e.